The Hall–Kier alpha value is -1.66. The summed E-state index contributed by atoms with van der Waals surface area (Å²) in [6.45, 7) is 0.553. The van der Waals surface area contributed by atoms with Crippen molar-refractivity contribution >= 4 is 39.0 Å². The number of hydrogen-bond acceptors (Lipinski definition) is 4. The molecule has 0 unspecified atom stereocenters. The molecule has 0 aliphatic carbocycles. The van der Waals surface area contributed by atoms with Crippen LogP contribution in [0.25, 0.3) is 0 Å². The van der Waals surface area contributed by atoms with Crippen LogP contribution in [-0.2, 0) is 6.42 Å². The lowest BCUT2D eigenvalue weighted by molar-refractivity contribution is -0.384. The molecule has 0 atom stereocenters. The van der Waals surface area contributed by atoms with E-state index in [9.17, 15) is 10.1 Å². The van der Waals surface area contributed by atoms with Gasteiger partial charge in [-0.1, -0.05) is 23.7 Å². The Morgan fingerprint density at radius 3 is 2.70 bits per heavy atom. The average molecular weight is 357 g/mol. The lowest BCUT2D eigenvalue weighted by atomic mass is 10.1. The van der Waals surface area contributed by atoms with Crippen LogP contribution < -0.4 is 5.32 Å². The van der Waals surface area contributed by atoms with Gasteiger partial charge in [-0.15, -0.1) is 0 Å². The topological polar surface area (TPSA) is 68.1 Å². The predicted molar refractivity (Wildman–Crippen MR) is 82.2 cm³/mol. The number of nitro groups is 1. The van der Waals surface area contributed by atoms with Crippen molar-refractivity contribution < 1.29 is 4.92 Å². The number of rotatable bonds is 5. The third kappa shape index (κ3) is 3.91. The number of aromatic nitrogens is 1. The van der Waals surface area contributed by atoms with Gasteiger partial charge in [-0.25, -0.2) is 4.98 Å². The van der Waals surface area contributed by atoms with Gasteiger partial charge in [-0.3, -0.25) is 10.1 Å². The molecule has 0 saturated heterocycles. The summed E-state index contributed by atoms with van der Waals surface area (Å²) >= 11 is 8.98. The summed E-state index contributed by atoms with van der Waals surface area (Å²) in [4.78, 5) is 14.5. The van der Waals surface area contributed by atoms with Gasteiger partial charge in [-0.2, -0.15) is 0 Å². The molecule has 0 fully saturated rings. The molecule has 0 radical (unpaired) electrons. The fourth-order valence-corrected chi connectivity index (χ4v) is 2.13. The van der Waals surface area contributed by atoms with Gasteiger partial charge in [0, 0.05) is 28.3 Å². The molecule has 0 aliphatic heterocycles. The summed E-state index contributed by atoms with van der Waals surface area (Å²) < 4.78 is 0.576. The van der Waals surface area contributed by atoms with Gasteiger partial charge in [-0.05, 0) is 40.0 Å². The number of halogens is 2. The number of nitrogens with zero attached hydrogens (tertiary/aromatic N) is 2. The monoisotopic (exact) mass is 355 g/mol. The normalized spacial score (nSPS) is 10.3. The molecule has 0 bridgehead atoms. The van der Waals surface area contributed by atoms with Crippen LogP contribution in [-0.4, -0.2) is 16.5 Å². The SMILES string of the molecule is O=[N+]([O-])c1cc(Br)cnc1NCCc1ccc(Cl)cc1. The molecule has 0 aliphatic rings. The van der Waals surface area contributed by atoms with E-state index in [2.05, 4.69) is 26.2 Å². The van der Waals surface area contributed by atoms with E-state index in [0.717, 1.165) is 12.0 Å². The lowest BCUT2D eigenvalue weighted by Gasteiger charge is -2.06. The van der Waals surface area contributed by atoms with Crippen molar-refractivity contribution in [1.82, 2.24) is 4.98 Å². The first-order chi connectivity index (χ1) is 9.56. The van der Waals surface area contributed by atoms with Crippen LogP contribution in [0.15, 0.2) is 41.0 Å². The maximum atomic E-state index is 10.9. The van der Waals surface area contributed by atoms with E-state index in [1.165, 1.54) is 12.3 Å². The molecule has 7 heteroatoms. The van der Waals surface area contributed by atoms with Crippen molar-refractivity contribution in [3.05, 3.63) is 61.7 Å². The van der Waals surface area contributed by atoms with Crippen LogP contribution in [0.1, 0.15) is 5.56 Å². The number of anilines is 1. The molecule has 0 saturated carbocycles. The van der Waals surface area contributed by atoms with E-state index >= 15 is 0 Å². The summed E-state index contributed by atoms with van der Waals surface area (Å²) in [6, 6.07) is 8.91. The summed E-state index contributed by atoms with van der Waals surface area (Å²) in [7, 11) is 0. The summed E-state index contributed by atoms with van der Waals surface area (Å²) in [5, 5.41) is 14.6. The van der Waals surface area contributed by atoms with Crippen molar-refractivity contribution in [2.24, 2.45) is 0 Å². The number of pyridine rings is 1. The van der Waals surface area contributed by atoms with Crippen molar-refractivity contribution in [3.63, 3.8) is 0 Å². The van der Waals surface area contributed by atoms with Gasteiger partial charge in [0.2, 0.25) is 5.82 Å². The van der Waals surface area contributed by atoms with Crippen LogP contribution in [0.5, 0.6) is 0 Å². The van der Waals surface area contributed by atoms with Gasteiger partial charge in [0.05, 0.1) is 4.92 Å². The molecule has 1 N–H and O–H groups in total. The largest absolute Gasteiger partial charge is 0.364 e. The Labute approximate surface area is 129 Å². The van der Waals surface area contributed by atoms with E-state index in [4.69, 9.17) is 11.6 Å². The van der Waals surface area contributed by atoms with Crippen LogP contribution in [0.3, 0.4) is 0 Å². The maximum absolute atomic E-state index is 10.9. The predicted octanol–water partition coefficient (Wildman–Crippen LogP) is 4.06. The highest BCUT2D eigenvalue weighted by atomic mass is 79.9. The van der Waals surface area contributed by atoms with Crippen LogP contribution in [0.2, 0.25) is 5.02 Å². The highest BCUT2D eigenvalue weighted by Gasteiger charge is 2.15. The molecular weight excluding hydrogens is 346 g/mol. The highest BCUT2D eigenvalue weighted by molar-refractivity contribution is 9.10. The molecule has 0 spiro atoms. The van der Waals surface area contributed by atoms with Crippen LogP contribution in [0, 0.1) is 10.1 Å². The first-order valence-corrected chi connectivity index (χ1v) is 7.01. The van der Waals surface area contributed by atoms with Crippen molar-refractivity contribution in [2.75, 3.05) is 11.9 Å². The summed E-state index contributed by atoms with van der Waals surface area (Å²) in [5.74, 6) is 0.271. The quantitative estimate of drug-likeness (QED) is 0.648. The standard InChI is InChI=1S/C13H11BrClN3O2/c14-10-7-12(18(19)20)13(17-8-10)16-6-5-9-1-3-11(15)4-2-9/h1-4,7-8H,5-6H2,(H,16,17). The molecular formula is C13H11BrClN3O2. The molecule has 104 valence electrons. The zero-order chi connectivity index (χ0) is 14.5. The minimum atomic E-state index is -0.456. The second kappa shape index (κ2) is 6.67. The number of benzene rings is 1. The summed E-state index contributed by atoms with van der Waals surface area (Å²) in [5.41, 5.74) is 1.05. The van der Waals surface area contributed by atoms with E-state index in [0.29, 0.717) is 16.0 Å². The minimum Gasteiger partial charge on any atom is -0.364 e. The first-order valence-electron chi connectivity index (χ1n) is 5.84. The fraction of sp³-hybridized carbons (Fsp3) is 0.154. The Morgan fingerprint density at radius 2 is 2.05 bits per heavy atom. The van der Waals surface area contributed by atoms with Gasteiger partial charge in [0.15, 0.2) is 0 Å². The van der Waals surface area contributed by atoms with Gasteiger partial charge in [0.25, 0.3) is 0 Å². The molecule has 1 heterocycles. The van der Waals surface area contributed by atoms with E-state index < -0.39 is 4.92 Å². The zero-order valence-corrected chi connectivity index (χ0v) is 12.7. The Kier molecular flexibility index (Phi) is 4.92. The Bertz CT molecular complexity index is 620. The van der Waals surface area contributed by atoms with Crippen molar-refractivity contribution in [3.8, 4) is 0 Å². The molecule has 2 aromatic rings. The molecule has 5 nitrogen and oxygen atoms in total. The highest BCUT2D eigenvalue weighted by Crippen LogP contribution is 2.25. The van der Waals surface area contributed by atoms with E-state index in [1.54, 1.807) is 0 Å². The first kappa shape index (κ1) is 14.7. The van der Waals surface area contributed by atoms with E-state index in [1.807, 2.05) is 24.3 Å². The van der Waals surface area contributed by atoms with Gasteiger partial charge < -0.3 is 5.32 Å². The lowest BCUT2D eigenvalue weighted by Crippen LogP contribution is -2.08. The molecule has 1 aromatic carbocycles. The molecule has 2 rings (SSSR count). The second-order valence-electron chi connectivity index (χ2n) is 4.08. The average Bonchev–Trinajstić information content (AvgIpc) is 2.42. The van der Waals surface area contributed by atoms with Crippen molar-refractivity contribution in [2.45, 2.75) is 6.42 Å². The zero-order valence-electron chi connectivity index (χ0n) is 10.3. The minimum absolute atomic E-state index is 0.0459. The smallest absolute Gasteiger partial charge is 0.312 e. The third-order valence-corrected chi connectivity index (χ3v) is 3.34. The second-order valence-corrected chi connectivity index (χ2v) is 5.43. The molecule has 20 heavy (non-hydrogen) atoms. The number of hydrogen-bond donors (Lipinski definition) is 1. The van der Waals surface area contributed by atoms with Crippen LogP contribution >= 0.6 is 27.5 Å². The maximum Gasteiger partial charge on any atom is 0.312 e. The third-order valence-electron chi connectivity index (χ3n) is 2.65. The Morgan fingerprint density at radius 1 is 1.35 bits per heavy atom. The van der Waals surface area contributed by atoms with Gasteiger partial charge in [0.1, 0.15) is 0 Å². The van der Waals surface area contributed by atoms with Crippen molar-refractivity contribution in [1.29, 1.82) is 0 Å². The fourth-order valence-electron chi connectivity index (χ4n) is 1.68. The summed E-state index contributed by atoms with van der Waals surface area (Å²) in [6.07, 6.45) is 2.25. The van der Waals surface area contributed by atoms with Gasteiger partial charge >= 0.3 is 5.69 Å². The Balaban J connectivity index is 2.00. The molecule has 0 amide bonds. The molecule has 1 aromatic heterocycles. The van der Waals surface area contributed by atoms with E-state index in [-0.39, 0.29) is 11.5 Å². The number of nitrogens with one attached hydrogen (secondary N) is 1. The van der Waals surface area contributed by atoms with Crippen LogP contribution in [0.4, 0.5) is 11.5 Å².